The summed E-state index contributed by atoms with van der Waals surface area (Å²) in [5, 5.41) is 0. The van der Waals surface area contributed by atoms with Crippen molar-refractivity contribution in [3.63, 3.8) is 0 Å². The minimum absolute atomic E-state index is 0.0579. The molecule has 0 saturated carbocycles. The molecule has 4 rings (SSSR count). The van der Waals surface area contributed by atoms with Crippen molar-refractivity contribution in [3.8, 4) is 0 Å². The Balaban J connectivity index is 2.06. The molecular weight excluding hydrogens is 527 g/mol. The molecule has 3 nitrogen and oxygen atoms in total. The van der Waals surface area contributed by atoms with Crippen LogP contribution in [0.2, 0.25) is 0 Å². The molecule has 0 aromatic heterocycles. The van der Waals surface area contributed by atoms with E-state index in [1.807, 2.05) is 0 Å². The van der Waals surface area contributed by atoms with Crippen molar-refractivity contribution in [3.05, 3.63) is 121 Å². The van der Waals surface area contributed by atoms with Crippen molar-refractivity contribution in [1.82, 2.24) is 0 Å². The average Bonchev–Trinajstić information content (AvgIpc) is 2.83. The van der Waals surface area contributed by atoms with Gasteiger partial charge >= 0.3 is 9.15 Å². The molecule has 186 valence electrons. The molecule has 0 N–H and O–H groups in total. The van der Waals surface area contributed by atoms with Gasteiger partial charge in [-0.05, 0) is 71.0 Å². The zero-order valence-corrected chi connectivity index (χ0v) is 20.3. The molecule has 4 aromatic carbocycles. The largest absolute Gasteiger partial charge is 0.397 e. The van der Waals surface area contributed by atoms with Crippen LogP contribution in [0.3, 0.4) is 0 Å². The van der Waals surface area contributed by atoms with Gasteiger partial charge in [0.05, 0.1) is 4.90 Å². The smallest absolute Gasteiger partial charge is 0.207 e. The SMILES string of the molecule is O=S(=O)(OS(c1ccccc1)(c1ccccc1)c1ccccc1)S(F)(F)(F)(F)c1ccc(F)cc1. The first-order chi connectivity index (χ1) is 16.3. The van der Waals surface area contributed by atoms with Crippen LogP contribution in [-0.4, -0.2) is 8.42 Å². The molecule has 0 spiro atoms. The summed E-state index contributed by atoms with van der Waals surface area (Å²) in [4.78, 5) is -1.82. The predicted octanol–water partition coefficient (Wildman–Crippen LogP) is 8.76. The van der Waals surface area contributed by atoms with Crippen LogP contribution in [0.1, 0.15) is 0 Å². The van der Waals surface area contributed by atoms with Crippen molar-refractivity contribution in [1.29, 1.82) is 0 Å². The van der Waals surface area contributed by atoms with Gasteiger partial charge in [0, 0.05) is 14.7 Å². The molecular formula is C24H19F5O3S3. The van der Waals surface area contributed by atoms with Crippen molar-refractivity contribution in [2.45, 2.75) is 19.6 Å². The van der Waals surface area contributed by atoms with Gasteiger partial charge in [0.25, 0.3) is 8.87 Å². The quantitative estimate of drug-likeness (QED) is 0.172. The molecule has 4 aromatic rings. The van der Waals surface area contributed by atoms with Crippen LogP contribution in [0.15, 0.2) is 135 Å². The second kappa shape index (κ2) is 8.09. The van der Waals surface area contributed by atoms with Crippen LogP contribution < -0.4 is 0 Å². The van der Waals surface area contributed by atoms with Crippen LogP contribution in [0.5, 0.6) is 0 Å². The van der Waals surface area contributed by atoms with E-state index in [0.29, 0.717) is 12.1 Å². The van der Waals surface area contributed by atoms with Gasteiger partial charge in [-0.2, -0.15) is 12.0 Å². The molecule has 0 amide bonds. The highest BCUT2D eigenvalue weighted by Gasteiger charge is 2.78. The van der Waals surface area contributed by atoms with Crippen LogP contribution in [-0.2, 0) is 12.8 Å². The van der Waals surface area contributed by atoms with E-state index in [1.54, 1.807) is 18.2 Å². The monoisotopic (exact) mass is 546 g/mol. The van der Waals surface area contributed by atoms with Crippen molar-refractivity contribution >= 4 is 28.3 Å². The number of rotatable bonds is 7. The maximum absolute atomic E-state index is 15.5. The Labute approximate surface area is 200 Å². The van der Waals surface area contributed by atoms with Crippen LogP contribution >= 0.6 is 19.2 Å². The van der Waals surface area contributed by atoms with E-state index in [0.717, 1.165) is 0 Å². The Kier molecular flexibility index (Phi) is 5.83. The van der Waals surface area contributed by atoms with Gasteiger partial charge in [0.2, 0.25) is 0 Å². The van der Waals surface area contributed by atoms with Gasteiger partial charge in [-0.25, -0.2) is 4.39 Å². The second-order valence-electron chi connectivity index (χ2n) is 7.42. The highest BCUT2D eigenvalue weighted by Crippen LogP contribution is 3.05. The van der Waals surface area contributed by atoms with Gasteiger partial charge < -0.3 is 0 Å². The van der Waals surface area contributed by atoms with E-state index in [-0.39, 0.29) is 26.8 Å². The van der Waals surface area contributed by atoms with Crippen molar-refractivity contribution < 1.29 is 32.0 Å². The highest BCUT2D eigenvalue weighted by molar-refractivity contribution is 9.00. The van der Waals surface area contributed by atoms with E-state index in [9.17, 15) is 12.8 Å². The summed E-state index contributed by atoms with van der Waals surface area (Å²) in [5.41, 5.74) is 0. The molecule has 0 unspecified atom stereocenters. The molecule has 0 bridgehead atoms. The van der Waals surface area contributed by atoms with Crippen LogP contribution in [0.25, 0.3) is 0 Å². The van der Waals surface area contributed by atoms with Crippen LogP contribution in [0.4, 0.5) is 19.9 Å². The Bertz CT molecular complexity index is 1350. The Morgan fingerprint density at radius 1 is 0.543 bits per heavy atom. The number of hydrogen-bond donors (Lipinski definition) is 0. The topological polar surface area (TPSA) is 43.4 Å². The lowest BCUT2D eigenvalue weighted by atomic mass is 10.4. The summed E-state index contributed by atoms with van der Waals surface area (Å²) >= 11 is 0. The molecule has 35 heavy (non-hydrogen) atoms. The summed E-state index contributed by atoms with van der Waals surface area (Å²) in [6, 6.07) is 23.3. The first-order valence-electron chi connectivity index (χ1n) is 10.0. The zero-order valence-electron chi connectivity index (χ0n) is 17.8. The Morgan fingerprint density at radius 3 is 1.23 bits per heavy atom. The third-order valence-corrected chi connectivity index (χ3v) is 14.9. The lowest BCUT2D eigenvalue weighted by molar-refractivity contribution is 0.442. The first kappa shape index (κ1) is 25.2. The summed E-state index contributed by atoms with van der Waals surface area (Å²) < 4.78 is 107. The molecule has 0 aliphatic rings. The van der Waals surface area contributed by atoms with Gasteiger partial charge in [-0.1, -0.05) is 54.6 Å². The van der Waals surface area contributed by atoms with E-state index in [2.05, 4.69) is 0 Å². The fourth-order valence-corrected chi connectivity index (χ4v) is 11.9. The van der Waals surface area contributed by atoms with Gasteiger partial charge in [0.15, 0.2) is 0 Å². The lowest BCUT2D eigenvalue weighted by Gasteiger charge is -2.50. The van der Waals surface area contributed by atoms with Gasteiger partial charge in [-0.15, -0.1) is 15.5 Å². The van der Waals surface area contributed by atoms with Crippen molar-refractivity contribution in [2.24, 2.45) is 0 Å². The molecule has 0 radical (unpaired) electrons. The van der Waals surface area contributed by atoms with Gasteiger partial charge in [0.1, 0.15) is 5.82 Å². The third kappa shape index (κ3) is 4.12. The average molecular weight is 547 g/mol. The fourth-order valence-electron chi connectivity index (χ4n) is 3.36. The predicted molar refractivity (Wildman–Crippen MR) is 128 cm³/mol. The summed E-state index contributed by atoms with van der Waals surface area (Å²) in [6.45, 7) is 0. The molecule has 0 fully saturated rings. The van der Waals surface area contributed by atoms with E-state index < -0.39 is 39.0 Å². The number of hydrogen-bond acceptors (Lipinski definition) is 3. The van der Waals surface area contributed by atoms with Crippen molar-refractivity contribution in [2.75, 3.05) is 0 Å². The maximum Gasteiger partial charge on any atom is 0.397 e. The van der Waals surface area contributed by atoms with Gasteiger partial charge in [-0.3, -0.25) is 0 Å². The third-order valence-electron chi connectivity index (χ3n) is 5.09. The molecule has 11 heteroatoms. The summed E-state index contributed by atoms with van der Waals surface area (Å²) in [5.74, 6) is -1.08. The molecule has 0 aliphatic heterocycles. The molecule has 0 atom stereocenters. The lowest BCUT2D eigenvalue weighted by Crippen LogP contribution is -2.29. The van der Waals surface area contributed by atoms with Crippen LogP contribution in [0, 0.1) is 5.82 Å². The maximum atomic E-state index is 15.5. The Hall–Kier alpha value is -2.86. The molecule has 0 heterocycles. The highest BCUT2D eigenvalue weighted by atomic mass is 33.3. The number of halogens is 5. The Morgan fingerprint density at radius 2 is 0.886 bits per heavy atom. The van der Waals surface area contributed by atoms with E-state index in [4.69, 9.17) is 3.63 Å². The van der Waals surface area contributed by atoms with E-state index >= 15 is 15.5 Å². The normalized spacial score (nSPS) is 15.1. The first-order valence-corrected chi connectivity index (χ1v) is 15.5. The molecule has 0 saturated heterocycles. The summed E-state index contributed by atoms with van der Waals surface area (Å²) in [6.07, 6.45) is 0. The molecule has 0 aliphatic carbocycles. The standard InChI is InChI=1S/C24H19F5O3S3/c25-20-16-18-24(19-17-20)35(26,27,28,29)34(30,31)32-33(21-10-4-1-5-11-21,22-12-6-2-7-13-22)23-14-8-3-9-15-23/h1-19H. The minimum atomic E-state index is -10.2. The summed E-state index contributed by atoms with van der Waals surface area (Å²) in [7, 11) is -20.8. The minimum Gasteiger partial charge on any atom is -0.207 e. The van der Waals surface area contributed by atoms with E-state index in [1.165, 1.54) is 72.8 Å². The fraction of sp³-hybridized carbons (Fsp3) is 0. The zero-order chi connectivity index (χ0) is 25.4. The number of benzene rings is 4. The second-order valence-corrected chi connectivity index (χ2v) is 17.0.